The van der Waals surface area contributed by atoms with Gasteiger partial charge in [0.2, 0.25) is 0 Å². The standard InChI is InChI=1S/C30H30BrIN4O4/c1-4-6-11-27-34-25-13-12-21(31)16-22(25)30(38)36(27)33-17-20-14-23(32)29(26(15-20)39-5-2)40-18-28(37)35-24-10-8-7-9-19(24)3/h7-10,12-17H,4-6,11,18H2,1-3H3,(H,35,37). The molecule has 0 unspecified atom stereocenters. The Morgan fingerprint density at radius 2 is 1.95 bits per heavy atom. The molecular weight excluding hydrogens is 687 g/mol. The van der Waals surface area contributed by atoms with E-state index in [2.05, 4.69) is 55.9 Å². The molecule has 1 N–H and O–H groups in total. The van der Waals surface area contributed by atoms with Crippen molar-refractivity contribution < 1.29 is 14.3 Å². The number of hydrogen-bond donors (Lipinski definition) is 1. The number of carbonyl (C=O) groups excluding carboxylic acids is 1. The molecule has 0 saturated heterocycles. The van der Waals surface area contributed by atoms with E-state index < -0.39 is 0 Å². The van der Waals surface area contributed by atoms with Crippen molar-refractivity contribution in [2.75, 3.05) is 18.5 Å². The number of unbranched alkanes of at least 4 members (excludes halogenated alkanes) is 1. The summed E-state index contributed by atoms with van der Waals surface area (Å²) in [5, 5.41) is 7.91. The highest BCUT2D eigenvalue weighted by atomic mass is 127. The second-order valence-corrected chi connectivity index (χ2v) is 11.1. The SMILES string of the molecule is CCCCc1nc2ccc(Br)cc2c(=O)n1N=Cc1cc(I)c(OCC(=O)Nc2ccccc2C)c(OCC)c1. The number of benzene rings is 3. The van der Waals surface area contributed by atoms with Crippen LogP contribution in [0, 0.1) is 10.5 Å². The summed E-state index contributed by atoms with van der Waals surface area (Å²) in [6.07, 6.45) is 4.11. The van der Waals surface area contributed by atoms with E-state index in [-0.39, 0.29) is 18.1 Å². The number of fused-ring (bicyclic) bond motifs is 1. The van der Waals surface area contributed by atoms with Crippen LogP contribution in [0.2, 0.25) is 0 Å². The highest BCUT2D eigenvalue weighted by molar-refractivity contribution is 14.1. The van der Waals surface area contributed by atoms with Crippen LogP contribution in [-0.2, 0) is 11.2 Å². The maximum atomic E-state index is 13.4. The van der Waals surface area contributed by atoms with Gasteiger partial charge in [-0.25, -0.2) is 4.98 Å². The van der Waals surface area contributed by atoms with Crippen LogP contribution in [0.15, 0.2) is 69.0 Å². The van der Waals surface area contributed by atoms with Crippen molar-refractivity contribution in [1.82, 2.24) is 9.66 Å². The fourth-order valence-corrected chi connectivity index (χ4v) is 5.18. The lowest BCUT2D eigenvalue weighted by Gasteiger charge is -2.15. The monoisotopic (exact) mass is 716 g/mol. The molecule has 3 aromatic carbocycles. The van der Waals surface area contributed by atoms with Gasteiger partial charge >= 0.3 is 0 Å². The van der Waals surface area contributed by atoms with Crippen molar-refractivity contribution in [2.24, 2.45) is 5.10 Å². The Bertz CT molecular complexity index is 1620. The molecular formula is C30H30BrIN4O4. The molecule has 8 nitrogen and oxygen atoms in total. The van der Waals surface area contributed by atoms with Crippen LogP contribution in [0.1, 0.15) is 43.6 Å². The number of anilines is 1. The molecule has 208 valence electrons. The molecule has 4 aromatic rings. The summed E-state index contributed by atoms with van der Waals surface area (Å²) in [5.74, 6) is 1.29. The molecule has 0 radical (unpaired) electrons. The fraction of sp³-hybridized carbons (Fsp3) is 0.267. The predicted octanol–water partition coefficient (Wildman–Crippen LogP) is 6.71. The number of aromatic nitrogens is 2. The van der Waals surface area contributed by atoms with Gasteiger partial charge in [-0.15, -0.1) is 0 Å². The average molecular weight is 717 g/mol. The summed E-state index contributed by atoms with van der Waals surface area (Å²) < 4.78 is 14.7. The van der Waals surface area contributed by atoms with Gasteiger partial charge in [-0.1, -0.05) is 47.5 Å². The van der Waals surface area contributed by atoms with E-state index >= 15 is 0 Å². The van der Waals surface area contributed by atoms with Crippen molar-refractivity contribution in [2.45, 2.75) is 40.0 Å². The third-order valence-electron chi connectivity index (χ3n) is 6.05. The highest BCUT2D eigenvalue weighted by Gasteiger charge is 2.15. The number of rotatable bonds is 11. The number of halogens is 2. The Hall–Kier alpha value is -3.25. The van der Waals surface area contributed by atoms with Crippen LogP contribution >= 0.6 is 38.5 Å². The zero-order valence-corrected chi connectivity index (χ0v) is 26.3. The van der Waals surface area contributed by atoms with Gasteiger partial charge in [0.1, 0.15) is 5.82 Å². The normalized spacial score (nSPS) is 11.2. The van der Waals surface area contributed by atoms with E-state index in [0.29, 0.717) is 46.8 Å². The van der Waals surface area contributed by atoms with Gasteiger partial charge in [-0.05, 0) is 90.4 Å². The van der Waals surface area contributed by atoms with E-state index in [1.54, 1.807) is 18.3 Å². The summed E-state index contributed by atoms with van der Waals surface area (Å²) in [5.41, 5.74) is 2.84. The molecule has 4 rings (SSSR count). The van der Waals surface area contributed by atoms with Gasteiger partial charge < -0.3 is 14.8 Å². The Morgan fingerprint density at radius 3 is 2.70 bits per heavy atom. The number of para-hydroxylation sites is 1. The second-order valence-electron chi connectivity index (χ2n) is 9.07. The largest absolute Gasteiger partial charge is 0.490 e. The van der Waals surface area contributed by atoms with Crippen molar-refractivity contribution in [3.8, 4) is 11.5 Å². The molecule has 0 aliphatic rings. The molecule has 0 saturated carbocycles. The molecule has 1 aromatic heterocycles. The lowest BCUT2D eigenvalue weighted by atomic mass is 10.2. The molecule has 0 bridgehead atoms. The van der Waals surface area contributed by atoms with Crippen LogP contribution in [0.5, 0.6) is 11.5 Å². The quantitative estimate of drug-likeness (QED) is 0.138. The lowest BCUT2D eigenvalue weighted by Crippen LogP contribution is -2.22. The fourth-order valence-electron chi connectivity index (χ4n) is 4.04. The number of amides is 1. The molecule has 0 spiro atoms. The molecule has 0 aliphatic heterocycles. The first-order chi connectivity index (χ1) is 19.3. The average Bonchev–Trinajstić information content (AvgIpc) is 2.93. The number of nitrogens with one attached hydrogen (secondary N) is 1. The number of hydrogen-bond acceptors (Lipinski definition) is 6. The molecule has 1 amide bonds. The minimum atomic E-state index is -0.271. The summed E-state index contributed by atoms with van der Waals surface area (Å²) in [6, 6.07) is 16.7. The molecule has 10 heteroatoms. The molecule has 1 heterocycles. The first-order valence-electron chi connectivity index (χ1n) is 13.0. The smallest absolute Gasteiger partial charge is 0.282 e. The van der Waals surface area contributed by atoms with E-state index in [4.69, 9.17) is 14.5 Å². The molecule has 0 atom stereocenters. The van der Waals surface area contributed by atoms with E-state index in [1.807, 2.05) is 56.3 Å². The van der Waals surface area contributed by atoms with Gasteiger partial charge in [0.15, 0.2) is 18.1 Å². The van der Waals surface area contributed by atoms with E-state index in [1.165, 1.54) is 4.68 Å². The number of nitrogens with zero attached hydrogens (tertiary/aromatic N) is 3. The second kappa shape index (κ2) is 13.9. The summed E-state index contributed by atoms with van der Waals surface area (Å²) in [6.45, 7) is 6.14. The first-order valence-corrected chi connectivity index (χ1v) is 14.9. The Labute approximate surface area is 255 Å². The maximum absolute atomic E-state index is 13.4. The molecule has 40 heavy (non-hydrogen) atoms. The summed E-state index contributed by atoms with van der Waals surface area (Å²) >= 11 is 5.58. The third-order valence-corrected chi connectivity index (χ3v) is 7.34. The molecule has 0 aliphatic carbocycles. The number of carbonyl (C=O) groups is 1. The number of aryl methyl sites for hydroxylation is 2. The Kier molecular flexibility index (Phi) is 10.3. The van der Waals surface area contributed by atoms with Crippen LogP contribution in [0.3, 0.4) is 0 Å². The van der Waals surface area contributed by atoms with Crippen molar-refractivity contribution in [1.29, 1.82) is 0 Å². The van der Waals surface area contributed by atoms with Crippen LogP contribution in [-0.4, -0.2) is 35.0 Å². The minimum Gasteiger partial charge on any atom is -0.490 e. The highest BCUT2D eigenvalue weighted by Crippen LogP contribution is 2.34. The van der Waals surface area contributed by atoms with Gasteiger partial charge in [-0.2, -0.15) is 9.78 Å². The number of ether oxygens (including phenoxy) is 2. The van der Waals surface area contributed by atoms with Crippen LogP contribution in [0.25, 0.3) is 10.9 Å². The first kappa shape index (κ1) is 29.7. The molecule has 0 fully saturated rings. The van der Waals surface area contributed by atoms with Gasteiger partial charge in [0.25, 0.3) is 11.5 Å². The van der Waals surface area contributed by atoms with Crippen molar-refractivity contribution >= 4 is 67.2 Å². The summed E-state index contributed by atoms with van der Waals surface area (Å²) in [7, 11) is 0. The minimum absolute atomic E-state index is 0.174. The topological polar surface area (TPSA) is 94.8 Å². The lowest BCUT2D eigenvalue weighted by molar-refractivity contribution is -0.118. The zero-order valence-electron chi connectivity index (χ0n) is 22.5. The Balaban J connectivity index is 1.61. The third kappa shape index (κ3) is 7.28. The van der Waals surface area contributed by atoms with E-state index in [9.17, 15) is 9.59 Å². The van der Waals surface area contributed by atoms with Crippen molar-refractivity contribution in [3.05, 3.63) is 89.9 Å². The Morgan fingerprint density at radius 1 is 1.15 bits per heavy atom. The maximum Gasteiger partial charge on any atom is 0.282 e. The van der Waals surface area contributed by atoms with Gasteiger partial charge in [-0.3, -0.25) is 9.59 Å². The van der Waals surface area contributed by atoms with Gasteiger partial charge in [0, 0.05) is 16.6 Å². The van der Waals surface area contributed by atoms with Gasteiger partial charge in [0.05, 0.1) is 27.3 Å². The van der Waals surface area contributed by atoms with Crippen LogP contribution in [0.4, 0.5) is 5.69 Å². The predicted molar refractivity (Wildman–Crippen MR) is 171 cm³/mol. The van der Waals surface area contributed by atoms with Crippen LogP contribution < -0.4 is 20.3 Å². The van der Waals surface area contributed by atoms with E-state index in [0.717, 1.165) is 32.1 Å². The zero-order chi connectivity index (χ0) is 28.6. The summed E-state index contributed by atoms with van der Waals surface area (Å²) in [4.78, 5) is 30.7. The van der Waals surface area contributed by atoms with Crippen molar-refractivity contribution in [3.63, 3.8) is 0 Å².